The number of carbonyl (C=O) groups is 2. The molecule has 0 saturated heterocycles. The average Bonchev–Trinajstić information content (AvgIpc) is 2.71. The van der Waals surface area contributed by atoms with Crippen LogP contribution in [-0.2, 0) is 9.53 Å². The number of amides is 1. The first kappa shape index (κ1) is 20.3. The van der Waals surface area contributed by atoms with E-state index in [0.29, 0.717) is 30.2 Å². The standard InChI is InChI=1S/C21H25NO5/c1-4-26-19-12-17(10-11-18(19)25-3)21(24)27-14-20(23)22-13-15(2)16-8-6-5-7-9-16/h5-12,15H,4,13-14H2,1-3H3,(H,22,23)/t15-/m0/s1. The highest BCUT2D eigenvalue weighted by molar-refractivity contribution is 5.92. The fraction of sp³-hybridized carbons (Fsp3) is 0.333. The van der Waals surface area contributed by atoms with E-state index in [-0.39, 0.29) is 18.4 Å². The van der Waals surface area contributed by atoms with Crippen molar-refractivity contribution in [3.63, 3.8) is 0 Å². The van der Waals surface area contributed by atoms with E-state index in [0.717, 1.165) is 5.56 Å². The number of methoxy groups -OCH3 is 1. The quantitative estimate of drug-likeness (QED) is 0.686. The van der Waals surface area contributed by atoms with Crippen LogP contribution in [0.5, 0.6) is 11.5 Å². The van der Waals surface area contributed by atoms with Crippen molar-refractivity contribution in [1.29, 1.82) is 0 Å². The fourth-order valence-electron chi connectivity index (χ4n) is 2.50. The summed E-state index contributed by atoms with van der Waals surface area (Å²) >= 11 is 0. The van der Waals surface area contributed by atoms with Gasteiger partial charge in [-0.2, -0.15) is 0 Å². The minimum atomic E-state index is -0.593. The molecule has 0 fully saturated rings. The van der Waals surface area contributed by atoms with Crippen LogP contribution in [0.3, 0.4) is 0 Å². The maximum atomic E-state index is 12.2. The maximum absolute atomic E-state index is 12.2. The Labute approximate surface area is 159 Å². The van der Waals surface area contributed by atoms with Crippen molar-refractivity contribution in [3.05, 3.63) is 59.7 Å². The Morgan fingerprint density at radius 1 is 1.07 bits per heavy atom. The molecule has 0 radical (unpaired) electrons. The highest BCUT2D eigenvalue weighted by atomic mass is 16.5. The van der Waals surface area contributed by atoms with Crippen LogP contribution in [0.1, 0.15) is 35.7 Å². The van der Waals surface area contributed by atoms with E-state index in [9.17, 15) is 9.59 Å². The molecule has 0 aliphatic heterocycles. The van der Waals surface area contributed by atoms with Gasteiger partial charge < -0.3 is 19.5 Å². The first-order valence-corrected chi connectivity index (χ1v) is 8.84. The van der Waals surface area contributed by atoms with Gasteiger partial charge in [0.15, 0.2) is 18.1 Å². The Morgan fingerprint density at radius 2 is 1.81 bits per heavy atom. The summed E-state index contributed by atoms with van der Waals surface area (Å²) in [6.07, 6.45) is 0. The number of ether oxygens (including phenoxy) is 3. The molecule has 6 nitrogen and oxygen atoms in total. The summed E-state index contributed by atoms with van der Waals surface area (Å²) in [7, 11) is 1.52. The summed E-state index contributed by atoms with van der Waals surface area (Å²) in [6.45, 7) is 4.43. The highest BCUT2D eigenvalue weighted by Crippen LogP contribution is 2.28. The highest BCUT2D eigenvalue weighted by Gasteiger charge is 2.14. The summed E-state index contributed by atoms with van der Waals surface area (Å²) in [5, 5.41) is 2.78. The molecule has 0 aliphatic rings. The van der Waals surface area contributed by atoms with Gasteiger partial charge in [-0.3, -0.25) is 4.79 Å². The van der Waals surface area contributed by atoms with Crippen molar-refractivity contribution < 1.29 is 23.8 Å². The van der Waals surface area contributed by atoms with E-state index < -0.39 is 5.97 Å². The van der Waals surface area contributed by atoms with Gasteiger partial charge in [-0.25, -0.2) is 4.79 Å². The molecule has 2 aromatic carbocycles. The molecule has 0 unspecified atom stereocenters. The Kier molecular flexibility index (Phi) is 7.67. The molecular weight excluding hydrogens is 346 g/mol. The molecule has 1 amide bonds. The Morgan fingerprint density at radius 3 is 2.48 bits per heavy atom. The zero-order valence-corrected chi connectivity index (χ0v) is 15.9. The second kappa shape index (κ2) is 10.2. The predicted molar refractivity (Wildman–Crippen MR) is 102 cm³/mol. The largest absolute Gasteiger partial charge is 0.493 e. The van der Waals surface area contributed by atoms with E-state index in [1.54, 1.807) is 18.2 Å². The molecule has 0 spiro atoms. The summed E-state index contributed by atoms with van der Waals surface area (Å²) in [6, 6.07) is 14.6. The van der Waals surface area contributed by atoms with Gasteiger partial charge in [0.2, 0.25) is 0 Å². The maximum Gasteiger partial charge on any atom is 0.338 e. The minimum Gasteiger partial charge on any atom is -0.493 e. The molecule has 27 heavy (non-hydrogen) atoms. The number of esters is 1. The molecule has 0 aliphatic carbocycles. The van der Waals surface area contributed by atoms with Gasteiger partial charge >= 0.3 is 5.97 Å². The number of carbonyl (C=O) groups excluding carboxylic acids is 2. The van der Waals surface area contributed by atoms with Gasteiger partial charge in [-0.1, -0.05) is 37.3 Å². The third kappa shape index (κ3) is 6.02. The second-order valence-electron chi connectivity index (χ2n) is 5.99. The lowest BCUT2D eigenvalue weighted by Crippen LogP contribution is -2.31. The van der Waals surface area contributed by atoms with Crippen molar-refractivity contribution in [2.75, 3.05) is 26.9 Å². The van der Waals surface area contributed by atoms with Crippen LogP contribution in [0.25, 0.3) is 0 Å². The molecule has 144 valence electrons. The zero-order valence-electron chi connectivity index (χ0n) is 15.9. The van der Waals surface area contributed by atoms with Gasteiger partial charge in [0.05, 0.1) is 19.3 Å². The van der Waals surface area contributed by atoms with Crippen LogP contribution < -0.4 is 14.8 Å². The molecule has 0 aromatic heterocycles. The van der Waals surface area contributed by atoms with E-state index in [2.05, 4.69) is 5.32 Å². The van der Waals surface area contributed by atoms with Crippen molar-refractivity contribution in [3.8, 4) is 11.5 Å². The number of hydrogen-bond donors (Lipinski definition) is 1. The topological polar surface area (TPSA) is 73.9 Å². The van der Waals surface area contributed by atoms with Crippen molar-refractivity contribution >= 4 is 11.9 Å². The monoisotopic (exact) mass is 371 g/mol. The molecule has 2 rings (SSSR count). The fourth-order valence-corrected chi connectivity index (χ4v) is 2.50. The Balaban J connectivity index is 1.84. The molecule has 2 aromatic rings. The second-order valence-corrected chi connectivity index (χ2v) is 5.99. The Hall–Kier alpha value is -3.02. The molecular formula is C21H25NO5. The first-order valence-electron chi connectivity index (χ1n) is 8.84. The predicted octanol–water partition coefficient (Wildman–Crippen LogP) is 3.17. The van der Waals surface area contributed by atoms with Gasteiger partial charge in [-0.05, 0) is 36.6 Å². The molecule has 0 bridgehead atoms. The van der Waals surface area contributed by atoms with Crippen molar-refractivity contribution in [2.45, 2.75) is 19.8 Å². The van der Waals surface area contributed by atoms with Crippen molar-refractivity contribution in [1.82, 2.24) is 5.32 Å². The molecule has 1 atom stereocenters. The molecule has 0 saturated carbocycles. The van der Waals surface area contributed by atoms with Crippen LogP contribution >= 0.6 is 0 Å². The third-order valence-electron chi connectivity index (χ3n) is 4.01. The zero-order chi connectivity index (χ0) is 19.6. The van der Waals surface area contributed by atoms with E-state index in [1.807, 2.05) is 44.2 Å². The van der Waals surface area contributed by atoms with Gasteiger partial charge in [0, 0.05) is 6.54 Å². The Bertz CT molecular complexity index is 760. The number of nitrogens with one attached hydrogen (secondary N) is 1. The smallest absolute Gasteiger partial charge is 0.338 e. The molecule has 6 heteroatoms. The van der Waals surface area contributed by atoms with Gasteiger partial charge in [0.25, 0.3) is 5.91 Å². The number of rotatable bonds is 9. The molecule has 0 heterocycles. The van der Waals surface area contributed by atoms with Crippen LogP contribution in [0.2, 0.25) is 0 Å². The van der Waals surface area contributed by atoms with Crippen LogP contribution in [0, 0.1) is 0 Å². The number of hydrogen-bond acceptors (Lipinski definition) is 5. The van der Waals surface area contributed by atoms with E-state index in [1.165, 1.54) is 7.11 Å². The van der Waals surface area contributed by atoms with E-state index in [4.69, 9.17) is 14.2 Å². The normalized spacial score (nSPS) is 11.4. The SMILES string of the molecule is CCOc1cc(C(=O)OCC(=O)NC[C@H](C)c2ccccc2)ccc1OC. The van der Waals surface area contributed by atoms with Gasteiger partial charge in [0.1, 0.15) is 0 Å². The van der Waals surface area contributed by atoms with Crippen molar-refractivity contribution in [2.24, 2.45) is 0 Å². The summed E-state index contributed by atoms with van der Waals surface area (Å²) in [5.41, 5.74) is 1.43. The first-order chi connectivity index (χ1) is 13.0. The summed E-state index contributed by atoms with van der Waals surface area (Å²) in [5.74, 6) is 0.215. The average molecular weight is 371 g/mol. The minimum absolute atomic E-state index is 0.168. The lowest BCUT2D eigenvalue weighted by molar-refractivity contribution is -0.124. The molecule has 1 N–H and O–H groups in total. The van der Waals surface area contributed by atoms with Crippen LogP contribution in [0.4, 0.5) is 0 Å². The summed E-state index contributed by atoms with van der Waals surface area (Å²) in [4.78, 5) is 24.1. The van der Waals surface area contributed by atoms with E-state index >= 15 is 0 Å². The van der Waals surface area contributed by atoms with Crippen LogP contribution in [0.15, 0.2) is 48.5 Å². The third-order valence-corrected chi connectivity index (χ3v) is 4.01. The lowest BCUT2D eigenvalue weighted by atomic mass is 10.0. The summed E-state index contributed by atoms with van der Waals surface area (Å²) < 4.78 is 15.7. The number of benzene rings is 2. The van der Waals surface area contributed by atoms with Crippen LogP contribution in [-0.4, -0.2) is 38.7 Å². The lowest BCUT2D eigenvalue weighted by Gasteiger charge is -2.13. The van der Waals surface area contributed by atoms with Gasteiger partial charge in [-0.15, -0.1) is 0 Å².